The Morgan fingerprint density at radius 1 is 1.06 bits per heavy atom. The van der Waals surface area contributed by atoms with Crippen LogP contribution in [0.4, 0.5) is 5.95 Å². The number of anilines is 1. The number of fused-ring (bicyclic) bond motifs is 2. The van der Waals surface area contributed by atoms with Crippen LogP contribution in [0.15, 0.2) is 41.9 Å². The van der Waals surface area contributed by atoms with E-state index in [4.69, 9.17) is 9.97 Å². The van der Waals surface area contributed by atoms with Crippen LogP contribution in [-0.2, 0) is 9.59 Å². The zero-order chi connectivity index (χ0) is 24.2. The molecule has 35 heavy (non-hydrogen) atoms. The second kappa shape index (κ2) is 8.28. The lowest BCUT2D eigenvalue weighted by Gasteiger charge is -2.41. The molecule has 0 atom stereocenters. The highest BCUT2D eigenvalue weighted by Crippen LogP contribution is 2.38. The summed E-state index contributed by atoms with van der Waals surface area (Å²) in [5.41, 5.74) is 2.75. The Morgan fingerprint density at radius 3 is 2.60 bits per heavy atom. The monoisotopic (exact) mass is 486 g/mol. The summed E-state index contributed by atoms with van der Waals surface area (Å²) in [5.74, 6) is -0.238. The first-order chi connectivity index (χ1) is 17.0. The average molecular weight is 487 g/mol. The Bertz CT molecular complexity index is 1500. The zero-order valence-electron chi connectivity index (χ0n) is 19.6. The van der Waals surface area contributed by atoms with Crippen molar-refractivity contribution in [3.63, 3.8) is 0 Å². The number of benzene rings is 1. The van der Waals surface area contributed by atoms with E-state index >= 15 is 0 Å². The quantitative estimate of drug-likeness (QED) is 0.372. The summed E-state index contributed by atoms with van der Waals surface area (Å²) in [7, 11) is 2.03. The van der Waals surface area contributed by atoms with E-state index in [1.807, 2.05) is 42.8 Å². The van der Waals surface area contributed by atoms with Crippen LogP contribution in [0, 0.1) is 0 Å². The largest absolute Gasteiger partial charge is 0.352 e. The molecule has 3 aromatic heterocycles. The smallest absolute Gasteiger partial charge is 0.261 e. The number of hydrogen-bond donors (Lipinski definition) is 3. The average Bonchev–Trinajstić information content (AvgIpc) is 3.58. The molecule has 2 amide bonds. The molecule has 9 heteroatoms. The third kappa shape index (κ3) is 3.45. The summed E-state index contributed by atoms with van der Waals surface area (Å²) in [6.45, 7) is 3.85. The van der Waals surface area contributed by atoms with E-state index < -0.39 is 11.8 Å². The minimum atomic E-state index is -0.428. The van der Waals surface area contributed by atoms with E-state index in [1.54, 1.807) is 17.5 Å². The number of rotatable bonds is 5. The number of amides is 2. The van der Waals surface area contributed by atoms with Gasteiger partial charge in [0.05, 0.1) is 22.4 Å². The fraction of sp³-hybridized carbons (Fsp3) is 0.308. The number of piperidine rings is 1. The van der Waals surface area contributed by atoms with Crippen molar-refractivity contribution in [3.8, 4) is 0 Å². The molecule has 2 aliphatic heterocycles. The third-order valence-corrected chi connectivity index (χ3v) is 8.39. The van der Waals surface area contributed by atoms with Crippen LogP contribution in [0.1, 0.15) is 37.4 Å². The van der Waals surface area contributed by atoms with Gasteiger partial charge < -0.3 is 15.2 Å². The van der Waals surface area contributed by atoms with Crippen molar-refractivity contribution in [1.82, 2.24) is 25.6 Å². The molecule has 1 saturated heterocycles. The number of carbonyl (C=O) groups excluding carboxylic acids is 2. The second-order valence-electron chi connectivity index (χ2n) is 9.16. The van der Waals surface area contributed by atoms with Gasteiger partial charge in [-0.1, -0.05) is 25.1 Å². The van der Waals surface area contributed by atoms with Gasteiger partial charge in [-0.15, -0.1) is 11.3 Å². The number of nitrogens with one attached hydrogen (secondary N) is 3. The molecule has 2 aliphatic rings. The normalized spacial score (nSPS) is 18.2. The molecule has 0 spiro atoms. The van der Waals surface area contributed by atoms with E-state index in [1.165, 1.54) is 0 Å². The van der Waals surface area contributed by atoms with Crippen molar-refractivity contribution >= 4 is 61.4 Å². The number of imide groups is 1. The molecule has 1 aromatic carbocycles. The highest BCUT2D eigenvalue weighted by molar-refractivity contribution is 7.16. The molecular weight excluding hydrogens is 460 g/mol. The topological polar surface area (TPSA) is 103 Å². The van der Waals surface area contributed by atoms with Crippen molar-refractivity contribution in [2.24, 2.45) is 0 Å². The molecule has 3 N–H and O–H groups in total. The van der Waals surface area contributed by atoms with E-state index in [0.29, 0.717) is 28.4 Å². The van der Waals surface area contributed by atoms with Gasteiger partial charge in [0.25, 0.3) is 11.8 Å². The number of hydrogen-bond acceptors (Lipinski definition) is 7. The van der Waals surface area contributed by atoms with Gasteiger partial charge in [-0.2, -0.15) is 0 Å². The molecule has 0 bridgehead atoms. The summed E-state index contributed by atoms with van der Waals surface area (Å²) in [5, 5.41) is 9.65. The highest BCUT2D eigenvalue weighted by Gasteiger charge is 2.37. The summed E-state index contributed by atoms with van der Waals surface area (Å²) >= 11 is 1.56. The zero-order valence-corrected chi connectivity index (χ0v) is 20.5. The molecule has 1 fully saturated rings. The lowest BCUT2D eigenvalue weighted by Crippen LogP contribution is -2.52. The van der Waals surface area contributed by atoms with Crippen molar-refractivity contribution in [2.75, 3.05) is 25.0 Å². The van der Waals surface area contributed by atoms with Crippen LogP contribution in [0.25, 0.3) is 32.3 Å². The summed E-state index contributed by atoms with van der Waals surface area (Å²) in [6.07, 6.45) is 4.83. The predicted molar refractivity (Wildman–Crippen MR) is 139 cm³/mol. The van der Waals surface area contributed by atoms with E-state index in [2.05, 4.69) is 27.4 Å². The predicted octanol–water partition coefficient (Wildman–Crippen LogP) is 3.71. The van der Waals surface area contributed by atoms with E-state index in [9.17, 15) is 9.59 Å². The molecule has 0 radical (unpaired) electrons. The number of aromatic amines is 1. The molecule has 5 heterocycles. The summed E-state index contributed by atoms with van der Waals surface area (Å²) in [6, 6.07) is 9.64. The van der Waals surface area contributed by atoms with Crippen LogP contribution in [-0.4, -0.2) is 52.4 Å². The van der Waals surface area contributed by atoms with Crippen molar-refractivity contribution in [2.45, 2.75) is 31.7 Å². The molecule has 0 unspecified atom stereocenters. The van der Waals surface area contributed by atoms with Crippen molar-refractivity contribution < 1.29 is 9.59 Å². The van der Waals surface area contributed by atoms with Crippen LogP contribution in [0.2, 0.25) is 0 Å². The fourth-order valence-electron chi connectivity index (χ4n) is 5.30. The van der Waals surface area contributed by atoms with E-state index in [0.717, 1.165) is 53.5 Å². The Balaban J connectivity index is 1.52. The van der Waals surface area contributed by atoms with Gasteiger partial charge in [-0.05, 0) is 43.8 Å². The number of aromatic nitrogens is 3. The lowest BCUT2D eigenvalue weighted by molar-refractivity contribution is -0.122. The van der Waals surface area contributed by atoms with Gasteiger partial charge in [0.2, 0.25) is 5.95 Å². The van der Waals surface area contributed by atoms with Crippen molar-refractivity contribution in [1.29, 1.82) is 0 Å². The molecule has 8 nitrogen and oxygen atoms in total. The molecule has 0 saturated carbocycles. The maximum atomic E-state index is 13.2. The molecule has 0 aliphatic carbocycles. The molecule has 178 valence electrons. The first-order valence-electron chi connectivity index (χ1n) is 11.9. The maximum absolute atomic E-state index is 13.2. The number of H-pyrrole nitrogens is 1. The molecule has 6 rings (SSSR count). The number of carbonyl (C=O) groups is 2. The third-order valence-electron chi connectivity index (χ3n) is 7.54. The molecular formula is C26H26N6O2S. The van der Waals surface area contributed by atoms with Crippen LogP contribution < -0.4 is 15.5 Å². The highest BCUT2D eigenvalue weighted by atomic mass is 32.1. The Labute approximate surface area is 206 Å². The fourth-order valence-corrected chi connectivity index (χ4v) is 6.08. The SMILES string of the molecule is CCC1(NC)CCN(c2nc(C3=C(c4c[nH]c5sccc45)C(=O)NC3=O)c3ccccc3n2)CC1. The number of thiophene rings is 1. The van der Waals surface area contributed by atoms with Gasteiger partial charge in [-0.3, -0.25) is 14.9 Å². The van der Waals surface area contributed by atoms with Crippen LogP contribution in [0.5, 0.6) is 0 Å². The van der Waals surface area contributed by atoms with Crippen LogP contribution >= 0.6 is 11.3 Å². The van der Waals surface area contributed by atoms with Gasteiger partial charge in [0.15, 0.2) is 0 Å². The van der Waals surface area contributed by atoms with Gasteiger partial charge in [0.1, 0.15) is 4.83 Å². The van der Waals surface area contributed by atoms with Gasteiger partial charge >= 0.3 is 0 Å². The maximum Gasteiger partial charge on any atom is 0.261 e. The Kier molecular flexibility index (Phi) is 5.19. The van der Waals surface area contributed by atoms with Crippen molar-refractivity contribution in [3.05, 3.63) is 53.2 Å². The van der Waals surface area contributed by atoms with E-state index in [-0.39, 0.29) is 5.54 Å². The minimum absolute atomic E-state index is 0.129. The standard InChI is InChI=1S/C26H26N6O2S/c1-3-26(27-2)9-11-32(12-10-26)25-29-18-7-5-4-6-16(18)21(30-25)20-19(22(33)31-23(20)34)17-14-28-24-15(17)8-13-35-24/h4-8,13-14,27-28H,3,9-12H2,1-2H3,(H,31,33,34). The summed E-state index contributed by atoms with van der Waals surface area (Å²) in [4.78, 5) is 42.4. The number of para-hydroxylation sites is 1. The Morgan fingerprint density at radius 2 is 1.83 bits per heavy atom. The minimum Gasteiger partial charge on any atom is -0.352 e. The van der Waals surface area contributed by atoms with Gasteiger partial charge in [0, 0.05) is 41.2 Å². The lowest BCUT2D eigenvalue weighted by atomic mass is 9.85. The van der Waals surface area contributed by atoms with Gasteiger partial charge in [-0.25, -0.2) is 9.97 Å². The first kappa shape index (κ1) is 21.9. The molecule has 4 aromatic rings. The summed E-state index contributed by atoms with van der Waals surface area (Å²) < 4.78 is 0. The number of nitrogens with zero attached hydrogens (tertiary/aromatic N) is 3. The second-order valence-corrected chi connectivity index (χ2v) is 10.1. The first-order valence-corrected chi connectivity index (χ1v) is 12.8. The van der Waals surface area contributed by atoms with Crippen LogP contribution in [0.3, 0.4) is 0 Å². The Hall–Kier alpha value is -3.56.